The Labute approximate surface area is 61.2 Å². The summed E-state index contributed by atoms with van der Waals surface area (Å²) in [5, 5.41) is 27.9. The number of hydrogen-bond donors (Lipinski definition) is 4. The summed E-state index contributed by atoms with van der Waals surface area (Å²) in [5.74, 6) is 0. The van der Waals surface area contributed by atoms with Gasteiger partial charge in [-0.25, -0.2) is 9.59 Å². The highest BCUT2D eigenvalue weighted by atomic mass is 35.5. The monoisotopic (exact) mass is 178 g/mol. The van der Waals surface area contributed by atoms with E-state index in [1.54, 1.807) is 0 Å². The Balaban J connectivity index is -0.0000000300. The van der Waals surface area contributed by atoms with E-state index in [0.717, 1.165) is 0 Å². The summed E-state index contributed by atoms with van der Waals surface area (Å²) in [6.07, 6.45) is -3.67. The lowest BCUT2D eigenvalue weighted by molar-refractivity contribution is 0.135. The van der Waals surface area contributed by atoms with Crippen molar-refractivity contribution < 1.29 is 35.5 Å². The quantitative estimate of drug-likeness (QED) is 0.412. The van der Waals surface area contributed by atoms with Crippen molar-refractivity contribution in [3.05, 3.63) is 0 Å². The molecule has 0 bridgehead atoms. The SMILES string of the molecule is Cl.O.O=C(O)O.O=C(O)O. The fourth-order valence-electron chi connectivity index (χ4n) is 0. The third-order valence-electron chi connectivity index (χ3n) is 0. The van der Waals surface area contributed by atoms with Crippen molar-refractivity contribution in [3.63, 3.8) is 0 Å². The van der Waals surface area contributed by atoms with E-state index in [4.69, 9.17) is 30.0 Å². The molecule has 0 unspecified atom stereocenters. The molecule has 0 aromatic carbocycles. The van der Waals surface area contributed by atoms with Gasteiger partial charge in [0.25, 0.3) is 0 Å². The normalized spacial score (nSPS) is 4.80. The van der Waals surface area contributed by atoms with E-state index >= 15 is 0 Å². The maximum absolute atomic E-state index is 8.56. The average molecular weight is 179 g/mol. The van der Waals surface area contributed by atoms with Gasteiger partial charge >= 0.3 is 12.3 Å². The first-order valence-corrected chi connectivity index (χ1v) is 1.30. The Morgan fingerprint density at radius 3 is 0.800 bits per heavy atom. The Bertz CT molecular complexity index is 69.6. The molecule has 0 amide bonds. The molecule has 0 radical (unpaired) electrons. The third-order valence-corrected chi connectivity index (χ3v) is 0. The average Bonchev–Trinajstić information content (AvgIpc) is 1.25. The van der Waals surface area contributed by atoms with Crippen LogP contribution in [0.5, 0.6) is 0 Å². The van der Waals surface area contributed by atoms with E-state index < -0.39 is 12.3 Å². The van der Waals surface area contributed by atoms with Gasteiger partial charge in [-0.05, 0) is 0 Å². The number of carbonyl (C=O) groups is 2. The highest BCUT2D eigenvalue weighted by Crippen LogP contribution is 1.43. The smallest absolute Gasteiger partial charge is 0.450 e. The second-order valence-electron chi connectivity index (χ2n) is 0.565. The molecule has 0 saturated carbocycles. The van der Waals surface area contributed by atoms with Crippen LogP contribution in [-0.2, 0) is 0 Å². The molecule has 0 fully saturated rings. The highest BCUT2D eigenvalue weighted by molar-refractivity contribution is 5.85. The largest absolute Gasteiger partial charge is 0.503 e. The molecule has 0 spiro atoms. The number of hydrogen-bond acceptors (Lipinski definition) is 2. The second-order valence-corrected chi connectivity index (χ2v) is 0.565. The van der Waals surface area contributed by atoms with E-state index in [1.165, 1.54) is 0 Å². The number of halogens is 1. The molecule has 0 aliphatic carbocycles. The van der Waals surface area contributed by atoms with Crippen molar-refractivity contribution in [1.29, 1.82) is 0 Å². The van der Waals surface area contributed by atoms with Gasteiger partial charge in [0, 0.05) is 0 Å². The fourth-order valence-corrected chi connectivity index (χ4v) is 0. The predicted molar refractivity (Wildman–Crippen MR) is 32.2 cm³/mol. The van der Waals surface area contributed by atoms with E-state index in [9.17, 15) is 0 Å². The Kier molecular flexibility index (Phi) is 36.4. The summed E-state index contributed by atoms with van der Waals surface area (Å²) >= 11 is 0. The molecule has 0 rings (SSSR count). The lowest BCUT2D eigenvalue weighted by Crippen LogP contribution is -1.81. The van der Waals surface area contributed by atoms with Gasteiger partial charge in [-0.1, -0.05) is 0 Å². The molecule has 64 valence electrons. The van der Waals surface area contributed by atoms with Crippen LogP contribution >= 0.6 is 12.4 Å². The van der Waals surface area contributed by atoms with Crippen LogP contribution in [-0.4, -0.2) is 38.2 Å². The lowest BCUT2D eigenvalue weighted by Gasteiger charge is -1.60. The Morgan fingerprint density at radius 1 is 0.800 bits per heavy atom. The zero-order chi connectivity index (χ0) is 7.15. The standard InChI is InChI=1S/2CH2O3.ClH.H2O/c2*2-1(3)4;;/h2*(H2,2,3,4);1H;1H2. The zero-order valence-electron chi connectivity index (χ0n) is 4.51. The van der Waals surface area contributed by atoms with Gasteiger partial charge in [0.15, 0.2) is 0 Å². The van der Waals surface area contributed by atoms with Crippen LogP contribution in [0.1, 0.15) is 0 Å². The summed E-state index contributed by atoms with van der Waals surface area (Å²) in [6.45, 7) is 0. The molecular weight excluding hydrogens is 171 g/mol. The number of carboxylic acid groups (broad SMARTS) is 4. The summed E-state index contributed by atoms with van der Waals surface area (Å²) < 4.78 is 0. The van der Waals surface area contributed by atoms with Crippen LogP contribution in [0.4, 0.5) is 9.59 Å². The first kappa shape index (κ1) is 23.2. The van der Waals surface area contributed by atoms with Crippen LogP contribution < -0.4 is 0 Å². The molecule has 0 heterocycles. The molecular formula is C2H7ClO7. The minimum atomic E-state index is -1.83. The van der Waals surface area contributed by atoms with Crippen LogP contribution in [0.15, 0.2) is 0 Å². The first-order valence-electron chi connectivity index (χ1n) is 1.30. The number of rotatable bonds is 0. The topological polar surface area (TPSA) is 147 Å². The summed E-state index contributed by atoms with van der Waals surface area (Å²) in [7, 11) is 0. The van der Waals surface area contributed by atoms with Gasteiger partial charge in [0.2, 0.25) is 0 Å². The minimum Gasteiger partial charge on any atom is -0.450 e. The van der Waals surface area contributed by atoms with Crippen molar-refractivity contribution in [1.82, 2.24) is 0 Å². The van der Waals surface area contributed by atoms with Crippen molar-refractivity contribution in [2.24, 2.45) is 0 Å². The van der Waals surface area contributed by atoms with Crippen LogP contribution in [0.25, 0.3) is 0 Å². The molecule has 0 aliphatic rings. The van der Waals surface area contributed by atoms with Gasteiger partial charge in [0.05, 0.1) is 0 Å². The van der Waals surface area contributed by atoms with Gasteiger partial charge in [-0.15, -0.1) is 12.4 Å². The summed E-state index contributed by atoms with van der Waals surface area (Å²) in [5.41, 5.74) is 0. The molecule has 0 saturated heterocycles. The molecule has 0 atom stereocenters. The second kappa shape index (κ2) is 15.7. The molecule has 8 heteroatoms. The highest BCUT2D eigenvalue weighted by Gasteiger charge is 1.70. The minimum absolute atomic E-state index is 0. The maximum Gasteiger partial charge on any atom is 0.503 e. The summed E-state index contributed by atoms with van der Waals surface area (Å²) in [6, 6.07) is 0. The lowest BCUT2D eigenvalue weighted by atomic mass is 11.5. The molecule has 6 N–H and O–H groups in total. The maximum atomic E-state index is 8.56. The fraction of sp³-hybridized carbons (Fsp3) is 0. The van der Waals surface area contributed by atoms with Gasteiger partial charge in [-0.2, -0.15) is 0 Å². The zero-order valence-corrected chi connectivity index (χ0v) is 5.33. The molecule has 0 aromatic heterocycles. The van der Waals surface area contributed by atoms with Gasteiger partial charge in [-0.3, -0.25) is 0 Å². The van der Waals surface area contributed by atoms with Crippen LogP contribution in [0.2, 0.25) is 0 Å². The van der Waals surface area contributed by atoms with E-state index in [-0.39, 0.29) is 17.9 Å². The summed E-state index contributed by atoms with van der Waals surface area (Å²) in [4.78, 5) is 17.1. The van der Waals surface area contributed by atoms with Crippen molar-refractivity contribution >= 4 is 24.7 Å². The molecule has 0 aromatic rings. The molecule has 0 aliphatic heterocycles. The third kappa shape index (κ3) is 155. The van der Waals surface area contributed by atoms with E-state index in [1.807, 2.05) is 0 Å². The van der Waals surface area contributed by atoms with Crippen molar-refractivity contribution in [3.8, 4) is 0 Å². The van der Waals surface area contributed by atoms with Crippen molar-refractivity contribution in [2.75, 3.05) is 0 Å². The Hall–Kier alpha value is -1.21. The van der Waals surface area contributed by atoms with Crippen LogP contribution in [0.3, 0.4) is 0 Å². The Morgan fingerprint density at radius 2 is 0.800 bits per heavy atom. The van der Waals surface area contributed by atoms with E-state index in [0.29, 0.717) is 0 Å². The molecule has 10 heavy (non-hydrogen) atoms. The van der Waals surface area contributed by atoms with Gasteiger partial charge in [0.1, 0.15) is 0 Å². The predicted octanol–water partition coefficient (Wildman–Crippen LogP) is 0.0419. The first-order chi connectivity index (χ1) is 3.46. The molecule has 7 nitrogen and oxygen atoms in total. The van der Waals surface area contributed by atoms with Crippen LogP contribution in [0, 0.1) is 0 Å². The van der Waals surface area contributed by atoms with Gasteiger partial charge < -0.3 is 25.9 Å². The van der Waals surface area contributed by atoms with E-state index in [2.05, 4.69) is 0 Å². The van der Waals surface area contributed by atoms with Crippen molar-refractivity contribution in [2.45, 2.75) is 0 Å².